The number of carbonyl (C=O) groups is 1. The molecule has 1 saturated heterocycles. The van der Waals surface area contributed by atoms with Gasteiger partial charge in [0.2, 0.25) is 5.95 Å². The molecule has 2 N–H and O–H groups in total. The lowest BCUT2D eigenvalue weighted by Gasteiger charge is -2.26. The molecule has 0 spiro atoms. The van der Waals surface area contributed by atoms with Crippen molar-refractivity contribution in [3.63, 3.8) is 0 Å². The zero-order valence-electron chi connectivity index (χ0n) is 25.3. The van der Waals surface area contributed by atoms with Gasteiger partial charge in [0.1, 0.15) is 22.2 Å². The normalized spacial score (nSPS) is 18.3. The molecule has 0 aliphatic carbocycles. The highest BCUT2D eigenvalue weighted by Gasteiger charge is 2.34. The van der Waals surface area contributed by atoms with Gasteiger partial charge in [-0.1, -0.05) is 25.4 Å². The zero-order valence-corrected chi connectivity index (χ0v) is 26.9. The molecule has 13 heteroatoms. The zero-order chi connectivity index (χ0) is 31.5. The molecule has 1 amide bonds. The number of nitrogens with one attached hydrogen (secondary N) is 2. The van der Waals surface area contributed by atoms with Crippen LogP contribution in [0.1, 0.15) is 64.7 Å². The number of amides is 1. The van der Waals surface area contributed by atoms with E-state index in [1.165, 1.54) is 6.20 Å². The highest BCUT2D eigenvalue weighted by Crippen LogP contribution is 2.47. The fourth-order valence-electron chi connectivity index (χ4n) is 6.01. The van der Waals surface area contributed by atoms with E-state index in [1.807, 2.05) is 0 Å². The molecule has 2 aliphatic heterocycles. The van der Waals surface area contributed by atoms with E-state index >= 15 is 4.39 Å². The highest BCUT2D eigenvalue weighted by molar-refractivity contribution is 7.24. The van der Waals surface area contributed by atoms with Gasteiger partial charge in [0, 0.05) is 53.4 Å². The van der Waals surface area contributed by atoms with Crippen LogP contribution in [-0.4, -0.2) is 51.3 Å². The topological polar surface area (TPSA) is 125 Å². The minimum absolute atomic E-state index is 0.117. The highest BCUT2D eigenvalue weighted by atomic mass is 35.5. The maximum Gasteiger partial charge on any atom is 0.412 e. The van der Waals surface area contributed by atoms with E-state index < -0.39 is 17.5 Å². The molecule has 6 rings (SSSR count). The molecular weight excluding hydrogens is 605 g/mol. The Morgan fingerprint density at radius 3 is 2.73 bits per heavy atom. The van der Waals surface area contributed by atoms with E-state index in [0.29, 0.717) is 33.0 Å². The fraction of sp³-hybridized carbons (Fsp3) is 0.452. The predicted octanol–water partition coefficient (Wildman–Crippen LogP) is 6.91. The Kier molecular flexibility index (Phi) is 7.86. The van der Waals surface area contributed by atoms with Crippen LogP contribution in [0.3, 0.4) is 0 Å². The smallest absolute Gasteiger partial charge is 0.412 e. The van der Waals surface area contributed by atoms with Gasteiger partial charge in [0.05, 0.1) is 34.2 Å². The number of fused-ring (bicyclic) bond motifs is 4. The summed E-state index contributed by atoms with van der Waals surface area (Å²) in [6, 6.07) is 2.88. The Bertz CT molecular complexity index is 1850. The molecule has 0 saturated carbocycles. The van der Waals surface area contributed by atoms with Crippen LogP contribution in [0.25, 0.3) is 32.2 Å². The SMILES string of the molecule is CC(C)N[C@H]1CCN(c2ncc3c4c(c(-c5ncc(Cl)c6sc(NC(=O)OC(C)(C)C)c(C#N)c56)c(F)c3n2)COC4)[C@H]1C. The Balaban J connectivity index is 1.51. The van der Waals surface area contributed by atoms with Gasteiger partial charge in [0.25, 0.3) is 0 Å². The number of pyridine rings is 1. The minimum Gasteiger partial charge on any atom is -0.444 e. The third kappa shape index (κ3) is 5.32. The van der Waals surface area contributed by atoms with Crippen molar-refractivity contribution >= 4 is 61.0 Å². The first-order chi connectivity index (χ1) is 20.9. The second kappa shape index (κ2) is 11.4. The molecule has 5 heterocycles. The summed E-state index contributed by atoms with van der Waals surface area (Å²) < 4.78 is 28.6. The van der Waals surface area contributed by atoms with Crippen LogP contribution in [0.4, 0.5) is 20.1 Å². The number of benzene rings is 1. The first kappa shape index (κ1) is 30.4. The van der Waals surface area contributed by atoms with Gasteiger partial charge in [-0.2, -0.15) is 5.26 Å². The summed E-state index contributed by atoms with van der Waals surface area (Å²) >= 11 is 7.66. The number of thiophene rings is 1. The van der Waals surface area contributed by atoms with Crippen molar-refractivity contribution in [3.8, 4) is 17.3 Å². The summed E-state index contributed by atoms with van der Waals surface area (Å²) in [6.45, 7) is 12.7. The molecule has 0 radical (unpaired) electrons. The lowest BCUT2D eigenvalue weighted by Crippen LogP contribution is -2.43. The van der Waals surface area contributed by atoms with Gasteiger partial charge in [-0.05, 0) is 45.2 Å². The second-order valence-corrected chi connectivity index (χ2v) is 13.9. The molecule has 0 unspecified atom stereocenters. The molecule has 10 nitrogen and oxygen atoms in total. The number of halogens is 2. The van der Waals surface area contributed by atoms with Gasteiger partial charge in [-0.15, -0.1) is 11.3 Å². The summed E-state index contributed by atoms with van der Waals surface area (Å²) in [6.07, 6.45) is 3.31. The molecule has 230 valence electrons. The number of nitriles is 1. The quantitative estimate of drug-likeness (QED) is 0.240. The van der Waals surface area contributed by atoms with Crippen LogP contribution in [0, 0.1) is 17.1 Å². The van der Waals surface area contributed by atoms with E-state index in [0.717, 1.165) is 29.9 Å². The molecule has 2 aliphatic rings. The van der Waals surface area contributed by atoms with Crippen molar-refractivity contribution < 1.29 is 18.7 Å². The minimum atomic E-state index is -0.744. The maximum absolute atomic E-state index is 16.9. The first-order valence-corrected chi connectivity index (χ1v) is 15.7. The number of rotatable bonds is 5. The summed E-state index contributed by atoms with van der Waals surface area (Å²) in [5, 5.41) is 17.9. The van der Waals surface area contributed by atoms with Crippen LogP contribution in [0.2, 0.25) is 5.02 Å². The summed E-state index contributed by atoms with van der Waals surface area (Å²) in [7, 11) is 0. The lowest BCUT2D eigenvalue weighted by molar-refractivity contribution is 0.0636. The molecular formula is C31H33ClFN7O3S. The van der Waals surface area contributed by atoms with Crippen molar-refractivity contribution in [1.29, 1.82) is 5.26 Å². The summed E-state index contributed by atoms with van der Waals surface area (Å²) in [5.41, 5.74) is 1.36. The van der Waals surface area contributed by atoms with Crippen molar-refractivity contribution in [1.82, 2.24) is 20.3 Å². The Labute approximate surface area is 263 Å². The molecule has 4 aromatic rings. The largest absolute Gasteiger partial charge is 0.444 e. The number of ether oxygens (including phenoxy) is 2. The standard InChI is InChI=1S/C31H33ClFN7O3S/c1-14(2)37-21-7-8-40(15(21)3)29-36-10-17-18-12-42-13-19(18)22(24(33)25(17)38-29)26-23-16(9-34)28(39-30(41)43-31(4,5)6)44-27(23)20(32)11-35-26/h10-11,14-15,21,37H,7-8,12-13H2,1-6H3,(H,39,41)/t15-,21-/m0/s1. The monoisotopic (exact) mass is 637 g/mol. The Morgan fingerprint density at radius 1 is 1.27 bits per heavy atom. The second-order valence-electron chi connectivity index (χ2n) is 12.4. The molecule has 0 bridgehead atoms. The van der Waals surface area contributed by atoms with Crippen molar-refractivity contribution in [3.05, 3.63) is 39.9 Å². The van der Waals surface area contributed by atoms with Crippen molar-refractivity contribution in [2.45, 2.75) is 84.9 Å². The molecule has 2 atom stereocenters. The van der Waals surface area contributed by atoms with Gasteiger partial charge in [-0.25, -0.2) is 19.2 Å². The summed E-state index contributed by atoms with van der Waals surface area (Å²) in [5.74, 6) is -0.127. The van der Waals surface area contributed by atoms with Gasteiger partial charge >= 0.3 is 6.09 Å². The predicted molar refractivity (Wildman–Crippen MR) is 170 cm³/mol. The third-order valence-electron chi connectivity index (χ3n) is 7.88. The van der Waals surface area contributed by atoms with Crippen LogP contribution in [0.15, 0.2) is 12.4 Å². The van der Waals surface area contributed by atoms with Crippen LogP contribution >= 0.6 is 22.9 Å². The van der Waals surface area contributed by atoms with Gasteiger partial charge in [-0.3, -0.25) is 10.3 Å². The fourth-order valence-corrected chi connectivity index (χ4v) is 7.31. The maximum atomic E-state index is 16.9. The molecule has 3 aromatic heterocycles. The molecule has 1 aromatic carbocycles. The number of carbonyl (C=O) groups excluding carboxylic acids is 1. The number of aromatic nitrogens is 3. The lowest BCUT2D eigenvalue weighted by atomic mass is 9.94. The van der Waals surface area contributed by atoms with E-state index in [4.69, 9.17) is 26.1 Å². The van der Waals surface area contributed by atoms with E-state index in [2.05, 4.69) is 52.3 Å². The number of anilines is 2. The average molecular weight is 638 g/mol. The average Bonchev–Trinajstić information content (AvgIpc) is 3.66. The number of hydrogen-bond donors (Lipinski definition) is 2. The van der Waals surface area contributed by atoms with E-state index in [9.17, 15) is 10.1 Å². The molecule has 44 heavy (non-hydrogen) atoms. The Hall–Kier alpha value is -3.63. The van der Waals surface area contributed by atoms with E-state index in [1.54, 1.807) is 27.0 Å². The summed E-state index contributed by atoms with van der Waals surface area (Å²) in [4.78, 5) is 28.7. The van der Waals surface area contributed by atoms with Crippen LogP contribution < -0.4 is 15.5 Å². The van der Waals surface area contributed by atoms with Crippen molar-refractivity contribution in [2.75, 3.05) is 16.8 Å². The van der Waals surface area contributed by atoms with Crippen LogP contribution in [-0.2, 0) is 22.7 Å². The molecule has 1 fully saturated rings. The van der Waals surface area contributed by atoms with Crippen molar-refractivity contribution in [2.24, 2.45) is 0 Å². The Morgan fingerprint density at radius 2 is 2.02 bits per heavy atom. The van der Waals surface area contributed by atoms with Crippen LogP contribution in [0.5, 0.6) is 0 Å². The first-order valence-electron chi connectivity index (χ1n) is 14.5. The van der Waals surface area contributed by atoms with Gasteiger partial charge in [0.15, 0.2) is 5.82 Å². The van der Waals surface area contributed by atoms with E-state index in [-0.39, 0.29) is 57.7 Å². The van der Waals surface area contributed by atoms with Gasteiger partial charge < -0.3 is 19.7 Å². The number of nitrogens with zero attached hydrogens (tertiary/aromatic N) is 5. The number of hydrogen-bond acceptors (Lipinski definition) is 10. The third-order valence-corrected chi connectivity index (χ3v) is 9.42.